The Bertz CT molecular complexity index is 273. The van der Waals surface area contributed by atoms with Gasteiger partial charge in [0.1, 0.15) is 5.75 Å². The third-order valence-corrected chi connectivity index (χ3v) is 2.57. The molecular weight excluding hydrogens is 196 g/mol. The molecule has 0 aliphatic carbocycles. The molecule has 0 saturated carbocycles. The van der Waals surface area contributed by atoms with E-state index in [1.807, 2.05) is 19.1 Å². The summed E-state index contributed by atoms with van der Waals surface area (Å²) in [6.07, 6.45) is 1.92. The van der Waals surface area contributed by atoms with Crippen LogP contribution in [0.4, 0.5) is 0 Å². The molecule has 0 aliphatic rings. The maximum atomic E-state index is 6.09. The molecule has 1 unspecified atom stereocenters. The van der Waals surface area contributed by atoms with E-state index in [1.54, 1.807) is 0 Å². The van der Waals surface area contributed by atoms with Crippen LogP contribution in [0.3, 0.4) is 0 Å². The Morgan fingerprint density at radius 2 is 2.14 bits per heavy atom. The molecule has 0 fully saturated rings. The lowest BCUT2D eigenvalue weighted by Crippen LogP contribution is -2.01. The first kappa shape index (κ1) is 11.4. The first-order valence-electron chi connectivity index (χ1n) is 5.12. The SMILES string of the molecule is CCOc1cccc(CC(Cl)CC)c1. The van der Waals surface area contributed by atoms with Gasteiger partial charge in [-0.25, -0.2) is 0 Å². The third kappa shape index (κ3) is 3.59. The van der Waals surface area contributed by atoms with E-state index in [4.69, 9.17) is 16.3 Å². The largest absolute Gasteiger partial charge is 0.494 e. The molecule has 0 amide bonds. The van der Waals surface area contributed by atoms with Gasteiger partial charge in [0.2, 0.25) is 0 Å². The molecule has 78 valence electrons. The van der Waals surface area contributed by atoms with Crippen molar-refractivity contribution in [3.05, 3.63) is 29.8 Å². The molecule has 14 heavy (non-hydrogen) atoms. The Hall–Kier alpha value is -0.690. The summed E-state index contributed by atoms with van der Waals surface area (Å²) >= 11 is 6.09. The minimum atomic E-state index is 0.229. The lowest BCUT2D eigenvalue weighted by molar-refractivity contribution is 0.340. The number of benzene rings is 1. The van der Waals surface area contributed by atoms with Crippen molar-refractivity contribution in [1.82, 2.24) is 0 Å². The van der Waals surface area contributed by atoms with E-state index < -0.39 is 0 Å². The first-order valence-corrected chi connectivity index (χ1v) is 5.55. The van der Waals surface area contributed by atoms with E-state index >= 15 is 0 Å². The maximum Gasteiger partial charge on any atom is 0.119 e. The maximum absolute atomic E-state index is 6.09. The van der Waals surface area contributed by atoms with Crippen LogP contribution in [-0.2, 0) is 6.42 Å². The van der Waals surface area contributed by atoms with Crippen LogP contribution in [0.1, 0.15) is 25.8 Å². The highest BCUT2D eigenvalue weighted by atomic mass is 35.5. The minimum Gasteiger partial charge on any atom is -0.494 e. The minimum absolute atomic E-state index is 0.229. The van der Waals surface area contributed by atoms with E-state index in [1.165, 1.54) is 5.56 Å². The van der Waals surface area contributed by atoms with Gasteiger partial charge < -0.3 is 4.74 Å². The quantitative estimate of drug-likeness (QED) is 0.678. The summed E-state index contributed by atoms with van der Waals surface area (Å²) in [7, 11) is 0. The molecule has 1 nitrogen and oxygen atoms in total. The average Bonchev–Trinajstić information content (AvgIpc) is 2.19. The number of hydrogen-bond acceptors (Lipinski definition) is 1. The fraction of sp³-hybridized carbons (Fsp3) is 0.500. The van der Waals surface area contributed by atoms with Crippen LogP contribution in [0.15, 0.2) is 24.3 Å². The van der Waals surface area contributed by atoms with Crippen molar-refractivity contribution in [2.75, 3.05) is 6.61 Å². The molecule has 0 aromatic heterocycles. The van der Waals surface area contributed by atoms with E-state index in [-0.39, 0.29) is 5.38 Å². The Labute approximate surface area is 91.0 Å². The zero-order chi connectivity index (χ0) is 10.4. The third-order valence-electron chi connectivity index (χ3n) is 2.11. The molecule has 0 N–H and O–H groups in total. The normalized spacial score (nSPS) is 12.5. The summed E-state index contributed by atoms with van der Waals surface area (Å²) in [5, 5.41) is 0.229. The zero-order valence-corrected chi connectivity index (χ0v) is 9.55. The van der Waals surface area contributed by atoms with Gasteiger partial charge in [0, 0.05) is 5.38 Å². The molecule has 1 aromatic carbocycles. The summed E-state index contributed by atoms with van der Waals surface area (Å²) in [6, 6.07) is 8.14. The average molecular weight is 213 g/mol. The van der Waals surface area contributed by atoms with Gasteiger partial charge >= 0.3 is 0 Å². The van der Waals surface area contributed by atoms with E-state index in [2.05, 4.69) is 19.1 Å². The van der Waals surface area contributed by atoms with Crippen molar-refractivity contribution < 1.29 is 4.74 Å². The van der Waals surface area contributed by atoms with E-state index in [9.17, 15) is 0 Å². The molecule has 1 aromatic rings. The van der Waals surface area contributed by atoms with Gasteiger partial charge in [-0.2, -0.15) is 0 Å². The van der Waals surface area contributed by atoms with E-state index in [0.29, 0.717) is 6.61 Å². The summed E-state index contributed by atoms with van der Waals surface area (Å²) < 4.78 is 5.42. The Balaban J connectivity index is 2.63. The van der Waals surface area contributed by atoms with Gasteiger partial charge in [-0.3, -0.25) is 0 Å². The van der Waals surface area contributed by atoms with Crippen LogP contribution in [0, 0.1) is 0 Å². The number of hydrogen-bond donors (Lipinski definition) is 0. The molecule has 0 spiro atoms. The smallest absolute Gasteiger partial charge is 0.119 e. The standard InChI is InChI=1S/C12H17ClO/c1-3-11(13)8-10-6-5-7-12(9-10)14-4-2/h5-7,9,11H,3-4,8H2,1-2H3. The highest BCUT2D eigenvalue weighted by Gasteiger charge is 2.03. The highest BCUT2D eigenvalue weighted by Crippen LogP contribution is 2.17. The summed E-state index contributed by atoms with van der Waals surface area (Å²) in [4.78, 5) is 0. The van der Waals surface area contributed by atoms with Gasteiger partial charge in [-0.05, 0) is 37.5 Å². The molecule has 2 heteroatoms. The second-order valence-corrected chi connectivity index (χ2v) is 3.91. The molecular formula is C12H17ClO. The van der Waals surface area contributed by atoms with Crippen molar-refractivity contribution in [1.29, 1.82) is 0 Å². The number of alkyl halides is 1. The van der Waals surface area contributed by atoms with Crippen molar-refractivity contribution in [3.63, 3.8) is 0 Å². The van der Waals surface area contributed by atoms with Gasteiger partial charge in [-0.1, -0.05) is 19.1 Å². The van der Waals surface area contributed by atoms with Crippen LogP contribution in [-0.4, -0.2) is 12.0 Å². The summed E-state index contributed by atoms with van der Waals surface area (Å²) in [5.41, 5.74) is 1.25. The fourth-order valence-electron chi connectivity index (χ4n) is 1.33. The van der Waals surface area contributed by atoms with Crippen molar-refractivity contribution in [2.45, 2.75) is 32.1 Å². The van der Waals surface area contributed by atoms with Gasteiger partial charge in [0.25, 0.3) is 0 Å². The van der Waals surface area contributed by atoms with Crippen molar-refractivity contribution in [2.24, 2.45) is 0 Å². The predicted octanol–water partition coefficient (Wildman–Crippen LogP) is 3.65. The van der Waals surface area contributed by atoms with Crippen molar-refractivity contribution >= 4 is 11.6 Å². The molecule has 0 heterocycles. The van der Waals surface area contributed by atoms with E-state index in [0.717, 1.165) is 18.6 Å². The number of halogens is 1. The van der Waals surface area contributed by atoms with Crippen molar-refractivity contribution in [3.8, 4) is 5.75 Å². The second kappa shape index (κ2) is 5.92. The fourth-order valence-corrected chi connectivity index (χ4v) is 1.51. The summed E-state index contributed by atoms with van der Waals surface area (Å²) in [5.74, 6) is 0.935. The molecule has 1 rings (SSSR count). The monoisotopic (exact) mass is 212 g/mol. The Morgan fingerprint density at radius 3 is 2.79 bits per heavy atom. The molecule has 0 aliphatic heterocycles. The number of ether oxygens (including phenoxy) is 1. The molecule has 1 atom stereocenters. The topological polar surface area (TPSA) is 9.23 Å². The Kier molecular flexibility index (Phi) is 4.81. The predicted molar refractivity (Wildman–Crippen MR) is 61.2 cm³/mol. The van der Waals surface area contributed by atoms with Gasteiger partial charge in [0.05, 0.1) is 6.61 Å². The summed E-state index contributed by atoms with van der Waals surface area (Å²) in [6.45, 7) is 4.80. The Morgan fingerprint density at radius 1 is 1.36 bits per heavy atom. The lowest BCUT2D eigenvalue weighted by atomic mass is 10.1. The first-order chi connectivity index (χ1) is 6.76. The molecule has 0 saturated heterocycles. The highest BCUT2D eigenvalue weighted by molar-refractivity contribution is 6.20. The van der Waals surface area contributed by atoms with Crippen LogP contribution < -0.4 is 4.74 Å². The lowest BCUT2D eigenvalue weighted by Gasteiger charge is -2.08. The van der Waals surface area contributed by atoms with Crippen LogP contribution >= 0.6 is 11.6 Å². The van der Waals surface area contributed by atoms with Crippen LogP contribution in [0.5, 0.6) is 5.75 Å². The molecule has 0 radical (unpaired) electrons. The molecule has 0 bridgehead atoms. The zero-order valence-electron chi connectivity index (χ0n) is 8.79. The van der Waals surface area contributed by atoms with Gasteiger partial charge in [0.15, 0.2) is 0 Å². The van der Waals surface area contributed by atoms with Crippen LogP contribution in [0.2, 0.25) is 0 Å². The van der Waals surface area contributed by atoms with Crippen LogP contribution in [0.25, 0.3) is 0 Å². The number of rotatable bonds is 5. The van der Waals surface area contributed by atoms with Gasteiger partial charge in [-0.15, -0.1) is 11.6 Å². The second-order valence-electron chi connectivity index (χ2n) is 3.29.